The number of hydrogen-bond donors (Lipinski definition) is 0. The van der Waals surface area contributed by atoms with Crippen molar-refractivity contribution in [3.8, 4) is 5.69 Å². The summed E-state index contributed by atoms with van der Waals surface area (Å²) in [5.41, 5.74) is -2.74. The van der Waals surface area contributed by atoms with Crippen LogP contribution in [0.4, 0.5) is 26.3 Å². The molecule has 20 heteroatoms. The van der Waals surface area contributed by atoms with Gasteiger partial charge in [-0.1, -0.05) is 16.8 Å². The molecule has 1 unspecified atom stereocenters. The van der Waals surface area contributed by atoms with Crippen molar-refractivity contribution in [3.63, 3.8) is 0 Å². The number of aryl methyl sites for hydroxylation is 1. The van der Waals surface area contributed by atoms with E-state index in [1.54, 1.807) is 6.92 Å². The number of hydrogen-bond acceptors (Lipinski definition) is 9. The highest BCUT2D eigenvalue weighted by atomic mass is 35.5. The van der Waals surface area contributed by atoms with E-state index in [4.69, 9.17) is 32.5 Å². The third-order valence-electron chi connectivity index (χ3n) is 7.21. The van der Waals surface area contributed by atoms with Crippen LogP contribution in [0, 0.1) is 12.7 Å². The number of carbonyl (C=O) groups excluding carboxylic acids is 2. The summed E-state index contributed by atoms with van der Waals surface area (Å²) in [6.07, 6.45) is -1.26. The number of aromatic nitrogens is 4. The first-order valence-electron chi connectivity index (χ1n) is 14.4. The van der Waals surface area contributed by atoms with Crippen LogP contribution in [0.5, 0.6) is 0 Å². The van der Waals surface area contributed by atoms with Crippen LogP contribution in [0.2, 0.25) is 5.02 Å². The smallest absolute Gasteiger partial charge is 0.416 e. The van der Waals surface area contributed by atoms with Gasteiger partial charge in [-0.05, 0) is 62.6 Å². The normalized spacial score (nSPS) is 13.9. The molecule has 5 rings (SSSR count). The Morgan fingerprint density at radius 2 is 1.80 bits per heavy atom. The highest BCUT2D eigenvalue weighted by Crippen LogP contribution is 2.42. The third-order valence-corrected chi connectivity index (χ3v) is 9.03. The van der Waals surface area contributed by atoms with Crippen LogP contribution in [-0.2, 0) is 32.0 Å². The quantitative estimate of drug-likeness (QED) is 0.0770. The lowest BCUT2D eigenvalue weighted by Gasteiger charge is -2.12. The molecule has 2 aromatic heterocycles. The van der Waals surface area contributed by atoms with E-state index >= 15 is 0 Å². The third kappa shape index (κ3) is 8.58. The fourth-order valence-electron chi connectivity index (χ4n) is 4.66. The highest BCUT2D eigenvalue weighted by Gasteiger charge is 2.36. The molecule has 1 fully saturated rings. The molecule has 0 radical (unpaired) electrons. The monoisotopic (exact) mass is 770 g/mol. The number of alkyl halides is 6. The molecule has 0 bridgehead atoms. The molecule has 0 aliphatic heterocycles. The average Bonchev–Trinajstić information content (AvgIpc) is 3.66. The summed E-state index contributed by atoms with van der Waals surface area (Å²) < 4.78 is 113. The topological polar surface area (TPSA) is 143 Å². The summed E-state index contributed by atoms with van der Waals surface area (Å²) in [6, 6.07) is 4.07. The highest BCUT2D eigenvalue weighted by molar-refractivity contribution is 7.90. The predicted molar refractivity (Wildman–Crippen MR) is 165 cm³/mol. The zero-order valence-corrected chi connectivity index (χ0v) is 28.4. The molecule has 1 aliphatic rings. The summed E-state index contributed by atoms with van der Waals surface area (Å²) in [6.45, 7) is -0.195. The van der Waals surface area contributed by atoms with Crippen molar-refractivity contribution in [1.29, 1.82) is 0 Å². The maximum atomic E-state index is 14.2. The molecule has 0 saturated heterocycles. The van der Waals surface area contributed by atoms with Crippen molar-refractivity contribution in [2.24, 2.45) is 0 Å². The van der Waals surface area contributed by atoms with Crippen molar-refractivity contribution in [3.05, 3.63) is 91.7 Å². The maximum absolute atomic E-state index is 14.2. The van der Waals surface area contributed by atoms with Crippen LogP contribution in [0.15, 0.2) is 50.7 Å². The van der Waals surface area contributed by atoms with Crippen molar-refractivity contribution in [2.75, 3.05) is 12.9 Å². The van der Waals surface area contributed by atoms with Crippen LogP contribution < -0.4 is 5.69 Å². The number of carbonyl (C=O) groups is 2. The number of ether oxygens (including phenoxy) is 1. The van der Waals surface area contributed by atoms with E-state index in [-0.39, 0.29) is 56.7 Å². The first-order chi connectivity index (χ1) is 23.3. The molecule has 0 N–H and O–H groups in total. The number of benzene rings is 2. The number of sulfone groups is 1. The lowest BCUT2D eigenvalue weighted by molar-refractivity contribution is -0.142. The van der Waals surface area contributed by atoms with E-state index in [0.717, 1.165) is 37.3 Å². The molecule has 50 heavy (non-hydrogen) atoms. The number of halogens is 8. The molecule has 4 aromatic rings. The van der Waals surface area contributed by atoms with E-state index < -0.39 is 61.7 Å². The Hall–Kier alpha value is -4.16. The van der Waals surface area contributed by atoms with Gasteiger partial charge < -0.3 is 9.26 Å². The molecule has 2 aromatic carbocycles. The number of nitrogens with zero attached hydrogens (tertiary/aromatic N) is 4. The van der Waals surface area contributed by atoms with Crippen LogP contribution >= 0.6 is 23.2 Å². The van der Waals surface area contributed by atoms with E-state index in [2.05, 4.69) is 10.3 Å². The van der Waals surface area contributed by atoms with Gasteiger partial charge in [-0.15, -0.1) is 16.7 Å². The minimum atomic E-state index is -4.71. The lowest BCUT2D eigenvalue weighted by atomic mass is 10.0. The van der Waals surface area contributed by atoms with Gasteiger partial charge in [-0.25, -0.2) is 22.2 Å². The summed E-state index contributed by atoms with van der Waals surface area (Å²) in [5, 5.41) is 6.07. The summed E-state index contributed by atoms with van der Waals surface area (Å²) in [4.78, 5) is 35.7. The van der Waals surface area contributed by atoms with E-state index in [1.165, 1.54) is 13.1 Å². The van der Waals surface area contributed by atoms with Gasteiger partial charge >= 0.3 is 24.4 Å². The van der Waals surface area contributed by atoms with E-state index in [1.807, 2.05) is 0 Å². The van der Waals surface area contributed by atoms with Gasteiger partial charge in [-0.3, -0.25) is 9.59 Å². The standard InChI is InChI=1S/C15H14Cl2F3N3O3.C15H12F3NO4S/c1-3-26-13(24)10(17)4-8-5-12(11(18)6-9(8)16)23-15(25)22(14(19)20)7(2)21-23;1-24(21,22)12-6-9(15(16,17)18)4-5-10(12)13(20)11-7-19-23-14(11)8-2-3-8/h5-6,10,14H,3-4H2,1-2H3;4-8H,2-3H2,1H3. The van der Waals surface area contributed by atoms with Crippen molar-refractivity contribution >= 4 is 44.8 Å². The molecule has 1 aliphatic carbocycles. The SMILES string of the molecule is CCOC(=O)C(Cl)Cc1cc(-n2nc(C)n(C(F)F)c2=O)c(F)cc1Cl.CS(=O)(=O)c1cc(C(F)(F)F)ccc1C(=O)c1cnoc1C1CC1. The molecule has 11 nitrogen and oxygen atoms in total. The molecule has 1 atom stereocenters. The maximum Gasteiger partial charge on any atom is 0.416 e. The molecular formula is C30H26Cl2F6N4O7S. The first kappa shape index (κ1) is 38.6. The second kappa shape index (κ2) is 15.0. The Labute approximate surface area is 289 Å². The molecule has 270 valence electrons. The van der Waals surface area contributed by atoms with Crippen LogP contribution in [-0.4, -0.2) is 57.9 Å². The zero-order chi connectivity index (χ0) is 37.3. The molecule has 1 saturated carbocycles. The Morgan fingerprint density at radius 3 is 2.34 bits per heavy atom. The number of ketones is 1. The Bertz CT molecular complexity index is 2090. The minimum Gasteiger partial charge on any atom is -0.465 e. The van der Waals surface area contributed by atoms with Gasteiger partial charge in [0.05, 0.1) is 28.8 Å². The number of rotatable bonds is 10. The van der Waals surface area contributed by atoms with Gasteiger partial charge in [-0.2, -0.15) is 26.6 Å². The molecular weight excluding hydrogens is 745 g/mol. The second-order valence-electron chi connectivity index (χ2n) is 10.9. The largest absolute Gasteiger partial charge is 0.465 e. The predicted octanol–water partition coefficient (Wildman–Crippen LogP) is 6.45. The fraction of sp³-hybridized carbons (Fsp3) is 0.367. The Morgan fingerprint density at radius 1 is 1.14 bits per heavy atom. The fourth-order valence-corrected chi connectivity index (χ4v) is 6.02. The number of esters is 1. The van der Waals surface area contributed by atoms with Gasteiger partial charge in [0.2, 0.25) is 0 Å². The van der Waals surface area contributed by atoms with Gasteiger partial charge in [0.25, 0.3) is 0 Å². The first-order valence-corrected chi connectivity index (χ1v) is 17.1. The van der Waals surface area contributed by atoms with Gasteiger partial charge in [0.15, 0.2) is 27.2 Å². The van der Waals surface area contributed by atoms with E-state index in [9.17, 15) is 49.1 Å². The zero-order valence-electron chi connectivity index (χ0n) is 26.1. The van der Waals surface area contributed by atoms with Crippen LogP contribution in [0.1, 0.15) is 70.9 Å². The van der Waals surface area contributed by atoms with Crippen molar-refractivity contribution in [1.82, 2.24) is 19.5 Å². The summed E-state index contributed by atoms with van der Waals surface area (Å²) in [7, 11) is -4.04. The van der Waals surface area contributed by atoms with Crippen LogP contribution in [0.25, 0.3) is 5.69 Å². The molecule has 0 spiro atoms. The average molecular weight is 772 g/mol. The summed E-state index contributed by atoms with van der Waals surface area (Å²) >= 11 is 11.9. The summed E-state index contributed by atoms with van der Waals surface area (Å²) in [5.74, 6) is -2.25. The Kier molecular flexibility index (Phi) is 11.6. The van der Waals surface area contributed by atoms with Crippen molar-refractivity contribution < 1.29 is 53.6 Å². The molecule has 0 amide bonds. The van der Waals surface area contributed by atoms with E-state index in [0.29, 0.717) is 22.6 Å². The lowest BCUT2D eigenvalue weighted by Crippen LogP contribution is -2.25. The molecule has 2 heterocycles. The van der Waals surface area contributed by atoms with Crippen LogP contribution in [0.3, 0.4) is 0 Å². The van der Waals surface area contributed by atoms with Gasteiger partial charge in [0, 0.05) is 29.2 Å². The second-order valence-corrected chi connectivity index (χ2v) is 13.8. The van der Waals surface area contributed by atoms with Gasteiger partial charge in [0.1, 0.15) is 16.9 Å². The Balaban J connectivity index is 0.000000225. The van der Waals surface area contributed by atoms with Crippen molar-refractivity contribution in [2.45, 2.75) is 62.0 Å². The minimum absolute atomic E-state index is 0.0424.